The molecule has 2 amide bonds. The van der Waals surface area contributed by atoms with Gasteiger partial charge in [-0.25, -0.2) is 0 Å². The Kier molecular flexibility index (Phi) is 4.56. The van der Waals surface area contributed by atoms with E-state index >= 15 is 0 Å². The summed E-state index contributed by atoms with van der Waals surface area (Å²) in [7, 11) is 1.64. The van der Waals surface area contributed by atoms with E-state index in [4.69, 9.17) is 5.73 Å². The molecule has 0 spiro atoms. The van der Waals surface area contributed by atoms with Crippen molar-refractivity contribution in [1.29, 1.82) is 0 Å². The van der Waals surface area contributed by atoms with E-state index in [9.17, 15) is 9.59 Å². The Morgan fingerprint density at radius 3 is 2.84 bits per heavy atom. The van der Waals surface area contributed by atoms with Crippen LogP contribution in [0.15, 0.2) is 30.5 Å². The first-order valence-corrected chi connectivity index (χ1v) is 8.21. The topological polar surface area (TPSA) is 106 Å². The minimum Gasteiger partial charge on any atom is -0.364 e. The van der Waals surface area contributed by atoms with Gasteiger partial charge >= 0.3 is 0 Å². The number of nitrogens with one attached hydrogen (secondary N) is 2. The van der Waals surface area contributed by atoms with Gasteiger partial charge in [0.2, 0.25) is 5.91 Å². The van der Waals surface area contributed by atoms with E-state index < -0.39 is 5.91 Å². The first-order valence-electron chi connectivity index (χ1n) is 8.21. The summed E-state index contributed by atoms with van der Waals surface area (Å²) < 4.78 is 1.41. The Labute approximate surface area is 145 Å². The Morgan fingerprint density at radius 2 is 2.12 bits per heavy atom. The van der Waals surface area contributed by atoms with Crippen molar-refractivity contribution >= 4 is 28.4 Å². The van der Waals surface area contributed by atoms with Crippen molar-refractivity contribution in [3.63, 3.8) is 0 Å². The molecule has 0 radical (unpaired) electrons. The molecule has 0 saturated heterocycles. The number of rotatable bonds is 6. The van der Waals surface area contributed by atoms with E-state index in [1.54, 1.807) is 7.05 Å². The zero-order chi connectivity index (χ0) is 18.0. The molecule has 4 N–H and O–H groups in total. The highest BCUT2D eigenvalue weighted by atomic mass is 16.2. The van der Waals surface area contributed by atoms with Crippen LogP contribution >= 0.6 is 0 Å². The van der Waals surface area contributed by atoms with E-state index in [0.717, 1.165) is 16.5 Å². The summed E-state index contributed by atoms with van der Waals surface area (Å²) in [6, 6.07) is 8.07. The molecule has 1 aromatic carbocycles. The van der Waals surface area contributed by atoms with E-state index in [2.05, 4.69) is 21.5 Å². The maximum Gasteiger partial charge on any atom is 0.269 e. The molecule has 7 heteroatoms. The second-order valence-corrected chi connectivity index (χ2v) is 5.96. The molecule has 0 saturated carbocycles. The number of aromatic amines is 1. The van der Waals surface area contributed by atoms with Crippen LogP contribution in [0.3, 0.4) is 0 Å². The number of hydrogen-bond acceptors (Lipinski definition) is 3. The lowest BCUT2D eigenvalue weighted by molar-refractivity contribution is -0.116. The van der Waals surface area contributed by atoms with Gasteiger partial charge in [-0.2, -0.15) is 5.10 Å². The summed E-state index contributed by atoms with van der Waals surface area (Å²) in [4.78, 5) is 27.1. The number of aromatic nitrogens is 3. The fourth-order valence-electron chi connectivity index (χ4n) is 2.96. The zero-order valence-corrected chi connectivity index (χ0v) is 14.3. The molecule has 25 heavy (non-hydrogen) atoms. The molecule has 2 aromatic heterocycles. The molecule has 0 bridgehead atoms. The third kappa shape index (κ3) is 3.40. The minimum atomic E-state index is -0.608. The van der Waals surface area contributed by atoms with Crippen LogP contribution in [0.25, 0.3) is 10.9 Å². The molecular formula is C18H21N5O2. The highest BCUT2D eigenvalue weighted by molar-refractivity contribution is 6.02. The number of nitrogens with two attached hydrogens (primary N) is 1. The number of anilines is 1. The molecule has 7 nitrogen and oxygen atoms in total. The van der Waals surface area contributed by atoms with Crippen molar-refractivity contribution in [3.05, 3.63) is 47.4 Å². The van der Waals surface area contributed by atoms with Crippen LogP contribution in [0, 0.1) is 0 Å². The van der Waals surface area contributed by atoms with Crippen LogP contribution in [0.1, 0.15) is 35.1 Å². The predicted octanol–water partition coefficient (Wildman–Crippen LogP) is 2.13. The standard InChI is InChI=1S/C18H21N5O2/c1-3-13-16(17(18(19)25)23(2)22-13)21-15(24)7-5-11-4-6-14-12(10-11)8-9-20-14/h4,6,8-10,20H,3,5,7H2,1-2H3,(H2,19,25)(H,21,24). The van der Waals surface area contributed by atoms with Crippen molar-refractivity contribution < 1.29 is 9.59 Å². The van der Waals surface area contributed by atoms with Crippen LogP contribution in [-0.4, -0.2) is 26.6 Å². The largest absolute Gasteiger partial charge is 0.364 e. The summed E-state index contributed by atoms with van der Waals surface area (Å²) in [5.74, 6) is -0.776. The van der Waals surface area contributed by atoms with Crippen molar-refractivity contribution in [2.75, 3.05) is 5.32 Å². The average molecular weight is 339 g/mol. The number of H-pyrrole nitrogens is 1. The van der Waals surface area contributed by atoms with Crippen LogP contribution in [0.5, 0.6) is 0 Å². The summed E-state index contributed by atoms with van der Waals surface area (Å²) in [6.45, 7) is 1.91. The SMILES string of the molecule is CCc1nn(C)c(C(N)=O)c1NC(=O)CCc1ccc2[nH]ccc2c1. The number of fused-ring (bicyclic) bond motifs is 1. The van der Waals surface area contributed by atoms with Gasteiger partial charge in [0.05, 0.1) is 11.4 Å². The molecule has 0 aliphatic carbocycles. The molecule has 130 valence electrons. The maximum absolute atomic E-state index is 12.3. The highest BCUT2D eigenvalue weighted by Gasteiger charge is 2.20. The fraction of sp³-hybridized carbons (Fsp3) is 0.278. The fourth-order valence-corrected chi connectivity index (χ4v) is 2.96. The summed E-state index contributed by atoms with van der Waals surface area (Å²) in [6.07, 6.45) is 3.41. The van der Waals surface area contributed by atoms with Gasteiger partial charge in [0.15, 0.2) is 0 Å². The smallest absolute Gasteiger partial charge is 0.269 e. The molecule has 2 heterocycles. The summed E-state index contributed by atoms with van der Waals surface area (Å²) in [5, 5.41) is 8.17. The maximum atomic E-state index is 12.3. The van der Waals surface area contributed by atoms with Gasteiger partial charge in [-0.05, 0) is 42.0 Å². The van der Waals surface area contributed by atoms with Gasteiger partial charge in [-0.15, -0.1) is 0 Å². The molecule has 0 aliphatic rings. The Balaban J connectivity index is 1.71. The Hall–Kier alpha value is -3.09. The predicted molar refractivity (Wildman–Crippen MR) is 96.4 cm³/mol. The number of aryl methyl sites for hydroxylation is 3. The van der Waals surface area contributed by atoms with Crippen molar-refractivity contribution in [2.45, 2.75) is 26.2 Å². The summed E-state index contributed by atoms with van der Waals surface area (Å²) >= 11 is 0. The Morgan fingerprint density at radius 1 is 1.32 bits per heavy atom. The molecule has 0 aliphatic heterocycles. The van der Waals surface area contributed by atoms with Crippen molar-refractivity contribution in [1.82, 2.24) is 14.8 Å². The first kappa shape index (κ1) is 16.8. The number of hydrogen-bond donors (Lipinski definition) is 3. The van der Waals surface area contributed by atoms with Crippen LogP contribution < -0.4 is 11.1 Å². The van der Waals surface area contributed by atoms with Gasteiger partial charge in [0, 0.05) is 25.2 Å². The van der Waals surface area contributed by atoms with Crippen LogP contribution in [-0.2, 0) is 24.7 Å². The highest BCUT2D eigenvalue weighted by Crippen LogP contribution is 2.21. The molecule has 0 fully saturated rings. The van der Waals surface area contributed by atoms with Crippen molar-refractivity contribution in [2.24, 2.45) is 12.8 Å². The minimum absolute atomic E-state index is 0.167. The summed E-state index contributed by atoms with van der Waals surface area (Å²) in [5.41, 5.74) is 8.86. The van der Waals surface area contributed by atoms with Gasteiger partial charge in [0.25, 0.3) is 5.91 Å². The number of benzene rings is 1. The second kappa shape index (κ2) is 6.80. The third-order valence-electron chi connectivity index (χ3n) is 4.21. The molecule has 3 rings (SSSR count). The normalized spacial score (nSPS) is 11.0. The van der Waals surface area contributed by atoms with E-state index in [1.807, 2.05) is 31.3 Å². The second-order valence-electron chi connectivity index (χ2n) is 5.96. The lowest BCUT2D eigenvalue weighted by atomic mass is 10.1. The lowest BCUT2D eigenvalue weighted by Crippen LogP contribution is -2.20. The van der Waals surface area contributed by atoms with Crippen molar-refractivity contribution in [3.8, 4) is 0 Å². The Bertz CT molecular complexity index is 938. The average Bonchev–Trinajstić information content (AvgIpc) is 3.16. The first-order chi connectivity index (χ1) is 12.0. The number of carbonyl (C=O) groups excluding carboxylic acids is 2. The van der Waals surface area contributed by atoms with E-state index in [-0.39, 0.29) is 11.6 Å². The number of primary amides is 1. The number of amides is 2. The van der Waals surface area contributed by atoms with Gasteiger partial charge in [-0.1, -0.05) is 13.0 Å². The third-order valence-corrected chi connectivity index (χ3v) is 4.21. The quantitative estimate of drug-likeness (QED) is 0.640. The van der Waals surface area contributed by atoms with Gasteiger partial charge < -0.3 is 16.0 Å². The van der Waals surface area contributed by atoms with Gasteiger partial charge in [-0.3, -0.25) is 14.3 Å². The molecule has 0 unspecified atom stereocenters. The van der Waals surface area contributed by atoms with Gasteiger partial charge in [0.1, 0.15) is 5.69 Å². The van der Waals surface area contributed by atoms with E-state index in [0.29, 0.717) is 30.6 Å². The monoisotopic (exact) mass is 339 g/mol. The molecular weight excluding hydrogens is 318 g/mol. The molecule has 3 aromatic rings. The lowest BCUT2D eigenvalue weighted by Gasteiger charge is -2.07. The number of nitrogens with zero attached hydrogens (tertiary/aromatic N) is 2. The molecule has 0 atom stereocenters. The zero-order valence-electron chi connectivity index (χ0n) is 14.3. The van der Waals surface area contributed by atoms with Crippen LogP contribution in [0.2, 0.25) is 0 Å². The van der Waals surface area contributed by atoms with E-state index in [1.165, 1.54) is 4.68 Å². The number of carbonyl (C=O) groups is 2. The van der Waals surface area contributed by atoms with Crippen LogP contribution in [0.4, 0.5) is 5.69 Å².